The Kier molecular flexibility index (Phi) is 3.66. The summed E-state index contributed by atoms with van der Waals surface area (Å²) in [6.07, 6.45) is 6.22. The molecule has 1 saturated carbocycles. The first-order valence-electron chi connectivity index (χ1n) is 5.79. The average molecular weight is 251 g/mol. The van der Waals surface area contributed by atoms with Gasteiger partial charge in [0.05, 0.1) is 24.1 Å². The zero-order chi connectivity index (χ0) is 12.3. The number of aromatic nitrogens is 2. The lowest BCUT2D eigenvalue weighted by Crippen LogP contribution is -2.26. The molecular formula is C12H17N3OS. The average Bonchev–Trinajstić information content (AvgIpc) is 3.09. The Morgan fingerprint density at radius 1 is 1.47 bits per heavy atom. The SMILES string of the molecule is Cc1cnc(CNC(=O)CC2(CS)CC2)cn1. The summed E-state index contributed by atoms with van der Waals surface area (Å²) in [7, 11) is 0. The quantitative estimate of drug-likeness (QED) is 0.780. The monoisotopic (exact) mass is 251 g/mol. The van der Waals surface area contributed by atoms with Gasteiger partial charge in [-0.2, -0.15) is 12.6 Å². The maximum atomic E-state index is 11.7. The number of nitrogens with one attached hydrogen (secondary N) is 1. The van der Waals surface area contributed by atoms with E-state index in [4.69, 9.17) is 0 Å². The standard InChI is InChI=1S/C12H17N3OS/c1-9-5-14-10(6-13-9)7-15-11(16)4-12(8-17)2-3-12/h5-6,17H,2-4,7-8H2,1H3,(H,15,16). The molecule has 1 fully saturated rings. The fourth-order valence-corrected chi connectivity index (χ4v) is 2.10. The second-order valence-electron chi connectivity index (χ2n) is 4.76. The number of carbonyl (C=O) groups is 1. The van der Waals surface area contributed by atoms with E-state index in [1.54, 1.807) is 12.4 Å². The van der Waals surface area contributed by atoms with Crippen LogP contribution in [0.25, 0.3) is 0 Å². The van der Waals surface area contributed by atoms with Gasteiger partial charge in [0, 0.05) is 12.6 Å². The van der Waals surface area contributed by atoms with E-state index in [0.29, 0.717) is 13.0 Å². The molecule has 0 unspecified atom stereocenters. The first kappa shape index (κ1) is 12.4. The van der Waals surface area contributed by atoms with Crippen LogP contribution in [0.3, 0.4) is 0 Å². The Balaban J connectivity index is 1.78. The molecule has 1 aromatic heterocycles. The Bertz CT molecular complexity index is 401. The number of aryl methyl sites for hydroxylation is 1. The van der Waals surface area contributed by atoms with Gasteiger partial charge in [-0.05, 0) is 30.9 Å². The second kappa shape index (κ2) is 5.04. The van der Waals surface area contributed by atoms with Crippen LogP contribution >= 0.6 is 12.6 Å². The van der Waals surface area contributed by atoms with Crippen molar-refractivity contribution in [1.29, 1.82) is 0 Å². The number of thiol groups is 1. The van der Waals surface area contributed by atoms with Gasteiger partial charge in [-0.3, -0.25) is 14.8 Å². The molecule has 1 aromatic rings. The third-order valence-corrected chi connectivity index (χ3v) is 3.80. The molecular weight excluding hydrogens is 234 g/mol. The summed E-state index contributed by atoms with van der Waals surface area (Å²) >= 11 is 4.29. The molecule has 4 nitrogen and oxygen atoms in total. The molecule has 0 spiro atoms. The lowest BCUT2D eigenvalue weighted by Gasteiger charge is -2.11. The van der Waals surface area contributed by atoms with Crippen LogP contribution in [-0.2, 0) is 11.3 Å². The molecule has 0 saturated heterocycles. The topological polar surface area (TPSA) is 54.9 Å². The molecule has 0 aliphatic heterocycles. The van der Waals surface area contributed by atoms with Gasteiger partial charge < -0.3 is 5.32 Å². The highest BCUT2D eigenvalue weighted by molar-refractivity contribution is 7.80. The molecule has 1 aliphatic rings. The highest BCUT2D eigenvalue weighted by atomic mass is 32.1. The zero-order valence-corrected chi connectivity index (χ0v) is 10.8. The lowest BCUT2D eigenvalue weighted by atomic mass is 10.1. The highest BCUT2D eigenvalue weighted by Gasteiger charge is 2.42. The van der Waals surface area contributed by atoms with E-state index in [2.05, 4.69) is 27.9 Å². The summed E-state index contributed by atoms with van der Waals surface area (Å²) in [5, 5.41) is 2.87. The number of hydrogen-bond donors (Lipinski definition) is 2. The molecule has 0 bridgehead atoms. The van der Waals surface area contributed by atoms with Crippen LogP contribution in [-0.4, -0.2) is 21.6 Å². The summed E-state index contributed by atoms with van der Waals surface area (Å²) in [5.41, 5.74) is 1.85. The molecule has 0 atom stereocenters. The Hall–Kier alpha value is -1.10. The van der Waals surface area contributed by atoms with Gasteiger partial charge in [-0.15, -0.1) is 0 Å². The van der Waals surface area contributed by atoms with E-state index in [0.717, 1.165) is 30.0 Å². The van der Waals surface area contributed by atoms with Gasteiger partial charge in [0.15, 0.2) is 0 Å². The van der Waals surface area contributed by atoms with Crippen LogP contribution in [0.5, 0.6) is 0 Å². The summed E-state index contributed by atoms with van der Waals surface area (Å²) in [6, 6.07) is 0. The van der Waals surface area contributed by atoms with Crippen molar-refractivity contribution in [3.05, 3.63) is 23.8 Å². The molecule has 1 N–H and O–H groups in total. The normalized spacial score (nSPS) is 16.6. The number of hydrogen-bond acceptors (Lipinski definition) is 4. The van der Waals surface area contributed by atoms with E-state index in [1.165, 1.54) is 0 Å². The van der Waals surface area contributed by atoms with Crippen molar-refractivity contribution in [1.82, 2.24) is 15.3 Å². The third kappa shape index (κ3) is 3.43. The van der Waals surface area contributed by atoms with Gasteiger partial charge in [-0.1, -0.05) is 0 Å². The first-order valence-corrected chi connectivity index (χ1v) is 6.42. The van der Waals surface area contributed by atoms with Gasteiger partial charge in [0.2, 0.25) is 5.91 Å². The molecule has 0 radical (unpaired) electrons. The van der Waals surface area contributed by atoms with Gasteiger partial charge in [-0.25, -0.2) is 0 Å². The van der Waals surface area contributed by atoms with Gasteiger partial charge in [0.1, 0.15) is 0 Å². The summed E-state index contributed by atoms with van der Waals surface area (Å²) < 4.78 is 0. The van der Waals surface area contributed by atoms with E-state index in [9.17, 15) is 4.79 Å². The maximum Gasteiger partial charge on any atom is 0.220 e. The molecule has 1 amide bonds. The molecule has 92 valence electrons. The minimum atomic E-state index is 0.0823. The zero-order valence-electron chi connectivity index (χ0n) is 9.94. The van der Waals surface area contributed by atoms with Crippen LogP contribution in [0, 0.1) is 12.3 Å². The largest absolute Gasteiger partial charge is 0.350 e. The van der Waals surface area contributed by atoms with Crippen molar-refractivity contribution in [2.24, 2.45) is 5.41 Å². The number of nitrogens with zero attached hydrogens (tertiary/aromatic N) is 2. The maximum absolute atomic E-state index is 11.7. The number of carbonyl (C=O) groups excluding carboxylic acids is 1. The Morgan fingerprint density at radius 2 is 2.24 bits per heavy atom. The molecule has 1 aliphatic carbocycles. The second-order valence-corrected chi connectivity index (χ2v) is 5.08. The predicted molar refractivity (Wildman–Crippen MR) is 68.8 cm³/mol. The minimum Gasteiger partial charge on any atom is -0.350 e. The van der Waals surface area contributed by atoms with Crippen LogP contribution < -0.4 is 5.32 Å². The predicted octanol–water partition coefficient (Wildman–Crippen LogP) is 1.50. The van der Waals surface area contributed by atoms with Crippen LogP contribution in [0.2, 0.25) is 0 Å². The van der Waals surface area contributed by atoms with Gasteiger partial charge >= 0.3 is 0 Å². The van der Waals surface area contributed by atoms with E-state index in [-0.39, 0.29) is 11.3 Å². The van der Waals surface area contributed by atoms with E-state index < -0.39 is 0 Å². The van der Waals surface area contributed by atoms with Crippen molar-refractivity contribution in [2.75, 3.05) is 5.75 Å². The molecule has 5 heteroatoms. The van der Waals surface area contributed by atoms with Crippen molar-refractivity contribution in [3.63, 3.8) is 0 Å². The molecule has 17 heavy (non-hydrogen) atoms. The fourth-order valence-electron chi connectivity index (χ4n) is 1.67. The van der Waals surface area contributed by atoms with Crippen molar-refractivity contribution < 1.29 is 4.79 Å². The smallest absolute Gasteiger partial charge is 0.220 e. The minimum absolute atomic E-state index is 0.0823. The van der Waals surface area contributed by atoms with Gasteiger partial charge in [0.25, 0.3) is 0 Å². The number of rotatable bonds is 5. The van der Waals surface area contributed by atoms with Crippen LogP contribution in [0.4, 0.5) is 0 Å². The van der Waals surface area contributed by atoms with Crippen molar-refractivity contribution in [3.8, 4) is 0 Å². The van der Waals surface area contributed by atoms with Crippen LogP contribution in [0.1, 0.15) is 30.7 Å². The Labute approximate surface area is 107 Å². The molecule has 1 heterocycles. The first-order chi connectivity index (χ1) is 8.13. The summed E-state index contributed by atoms with van der Waals surface area (Å²) in [5.74, 6) is 0.879. The third-order valence-electron chi connectivity index (χ3n) is 3.13. The lowest BCUT2D eigenvalue weighted by molar-refractivity contribution is -0.122. The summed E-state index contributed by atoms with van der Waals surface area (Å²) in [6.45, 7) is 2.34. The highest BCUT2D eigenvalue weighted by Crippen LogP contribution is 2.49. The van der Waals surface area contributed by atoms with Crippen LogP contribution in [0.15, 0.2) is 12.4 Å². The van der Waals surface area contributed by atoms with E-state index in [1.807, 2.05) is 6.92 Å². The summed E-state index contributed by atoms with van der Waals surface area (Å²) in [4.78, 5) is 20.0. The number of amides is 1. The molecule has 2 rings (SSSR count). The fraction of sp³-hybridized carbons (Fsp3) is 0.583. The van der Waals surface area contributed by atoms with Crippen molar-refractivity contribution >= 4 is 18.5 Å². The van der Waals surface area contributed by atoms with Crippen molar-refractivity contribution in [2.45, 2.75) is 32.7 Å². The molecule has 0 aromatic carbocycles. The van der Waals surface area contributed by atoms with E-state index >= 15 is 0 Å². The Morgan fingerprint density at radius 3 is 2.76 bits per heavy atom.